The van der Waals surface area contributed by atoms with Gasteiger partial charge in [-0.05, 0) is 87.1 Å². The SMILES string of the molecule is Cc1ccc2c(n1)oc1c(-c3nc4ccccc4n3Cc3c(-c4ccccc4)cccc3C(C)(C)C)[c-]ccc12.[2H]C(C)(c1cc(-c2[c-]cccc2)ncc1[Si](C)(C)C)C(C)c1ccccc1.[Ir]. The van der Waals surface area contributed by atoms with Gasteiger partial charge in [-0.3, -0.25) is 4.98 Å². The van der Waals surface area contributed by atoms with Gasteiger partial charge in [-0.2, -0.15) is 0 Å². The van der Waals surface area contributed by atoms with Gasteiger partial charge in [-0.25, -0.2) is 4.98 Å². The van der Waals surface area contributed by atoms with Gasteiger partial charge in [0.2, 0.25) is 5.71 Å². The summed E-state index contributed by atoms with van der Waals surface area (Å²) in [4.78, 5) is 14.6. The Morgan fingerprint density at radius 1 is 0.746 bits per heavy atom. The molecule has 0 aliphatic rings. The van der Waals surface area contributed by atoms with Crippen molar-refractivity contribution in [3.8, 4) is 33.8 Å². The fourth-order valence-corrected chi connectivity index (χ4v) is 10.6. The van der Waals surface area contributed by atoms with E-state index in [1.807, 2.05) is 68.6 Å². The number of aromatic nitrogens is 4. The Bertz CT molecular complexity index is 3350. The summed E-state index contributed by atoms with van der Waals surface area (Å²) in [6, 6.07) is 61.0. The van der Waals surface area contributed by atoms with Crippen LogP contribution in [0.2, 0.25) is 19.6 Å². The summed E-state index contributed by atoms with van der Waals surface area (Å²) in [5.74, 6) is 0.165. The van der Waals surface area contributed by atoms with Gasteiger partial charge in [-0.15, -0.1) is 54.1 Å². The minimum atomic E-state index is -1.65. The van der Waals surface area contributed by atoms with Crippen molar-refractivity contribution >= 4 is 46.4 Å². The predicted molar refractivity (Wildman–Crippen MR) is 278 cm³/mol. The maximum Gasteiger partial charge on any atom is 0.216 e. The fourth-order valence-electron chi connectivity index (χ4n) is 9.12. The molecule has 10 rings (SSSR count). The first-order valence-corrected chi connectivity index (χ1v) is 26.5. The van der Waals surface area contributed by atoms with Crippen molar-refractivity contribution in [2.75, 3.05) is 0 Å². The van der Waals surface area contributed by atoms with E-state index in [0.717, 1.165) is 61.3 Å². The molecule has 0 amide bonds. The second kappa shape index (κ2) is 19.5. The predicted octanol–water partition coefficient (Wildman–Crippen LogP) is 15.1. The van der Waals surface area contributed by atoms with Crippen LogP contribution in [0.4, 0.5) is 0 Å². The summed E-state index contributed by atoms with van der Waals surface area (Å²) in [6.45, 7) is 20.7. The van der Waals surface area contributed by atoms with Gasteiger partial charge in [0.15, 0.2) is 0 Å². The Kier molecular flexibility index (Phi) is 13.4. The Labute approximate surface area is 412 Å². The van der Waals surface area contributed by atoms with Crippen LogP contribution >= 0.6 is 0 Å². The van der Waals surface area contributed by atoms with E-state index >= 15 is 0 Å². The molecule has 0 saturated heterocycles. The molecule has 0 aliphatic heterocycles. The van der Waals surface area contributed by atoms with E-state index in [4.69, 9.17) is 14.4 Å². The largest absolute Gasteiger partial charge is 0.486 e. The van der Waals surface area contributed by atoms with Gasteiger partial charge < -0.3 is 14.0 Å². The van der Waals surface area contributed by atoms with Gasteiger partial charge in [0.25, 0.3) is 0 Å². The Morgan fingerprint density at radius 3 is 2.18 bits per heavy atom. The first-order chi connectivity index (χ1) is 32.1. The van der Waals surface area contributed by atoms with Crippen LogP contribution in [0.3, 0.4) is 0 Å². The maximum absolute atomic E-state index is 9.37. The smallest absolute Gasteiger partial charge is 0.216 e. The van der Waals surface area contributed by atoms with Crippen LogP contribution in [0.25, 0.3) is 66.9 Å². The number of aryl methyl sites for hydroxylation is 1. The molecule has 2 atom stereocenters. The van der Waals surface area contributed by atoms with Crippen molar-refractivity contribution in [1.82, 2.24) is 19.5 Å². The van der Waals surface area contributed by atoms with E-state index in [1.54, 1.807) is 0 Å². The molecule has 5 nitrogen and oxygen atoms in total. The van der Waals surface area contributed by atoms with Crippen molar-refractivity contribution in [1.29, 1.82) is 0 Å². The van der Waals surface area contributed by atoms with E-state index in [2.05, 4.69) is 178 Å². The third-order valence-electron chi connectivity index (χ3n) is 12.8. The van der Waals surface area contributed by atoms with Crippen molar-refractivity contribution in [3.05, 3.63) is 204 Å². The van der Waals surface area contributed by atoms with Gasteiger partial charge in [0.05, 0.1) is 30.5 Å². The van der Waals surface area contributed by atoms with Crippen LogP contribution < -0.4 is 5.19 Å². The monoisotopic (exact) mass is 1070 g/mol. The topological polar surface area (TPSA) is 56.7 Å². The third kappa shape index (κ3) is 9.78. The number of para-hydroxylation sites is 2. The van der Waals surface area contributed by atoms with Crippen LogP contribution in [-0.2, 0) is 32.1 Å². The number of furan rings is 1. The first kappa shape index (κ1) is 45.9. The molecule has 1 radical (unpaired) electrons. The van der Waals surface area contributed by atoms with Gasteiger partial charge >= 0.3 is 0 Å². The molecular formula is C60H58IrN4OSi-2. The summed E-state index contributed by atoms with van der Waals surface area (Å²) in [7, 11) is -1.65. The molecule has 6 aromatic carbocycles. The number of nitrogens with zero attached hydrogens (tertiary/aromatic N) is 4. The van der Waals surface area contributed by atoms with E-state index in [-0.39, 0.29) is 31.4 Å². The molecule has 10 aromatic rings. The van der Waals surface area contributed by atoms with Crippen molar-refractivity contribution < 1.29 is 25.9 Å². The van der Waals surface area contributed by atoms with E-state index in [1.165, 1.54) is 33.0 Å². The van der Waals surface area contributed by atoms with Gasteiger partial charge in [0, 0.05) is 45.3 Å². The molecule has 0 fully saturated rings. The number of benzene rings is 6. The van der Waals surface area contributed by atoms with Crippen LogP contribution in [0, 0.1) is 19.1 Å². The van der Waals surface area contributed by atoms with Crippen molar-refractivity contribution in [2.45, 2.75) is 85.0 Å². The summed E-state index contributed by atoms with van der Waals surface area (Å²) in [5, 5.41) is 3.29. The van der Waals surface area contributed by atoms with E-state index in [9.17, 15) is 1.37 Å². The molecule has 0 aliphatic carbocycles. The molecule has 0 N–H and O–H groups in total. The van der Waals surface area contributed by atoms with Crippen molar-refractivity contribution in [3.63, 3.8) is 0 Å². The Balaban J connectivity index is 0.000000196. The summed E-state index contributed by atoms with van der Waals surface area (Å²) in [5.41, 5.74) is 14.4. The Hall–Kier alpha value is -6.24. The zero-order chi connectivity index (χ0) is 47.1. The molecule has 4 aromatic heterocycles. The van der Waals surface area contributed by atoms with Crippen LogP contribution in [0.5, 0.6) is 0 Å². The van der Waals surface area contributed by atoms with E-state index < -0.39 is 14.0 Å². The quantitative estimate of drug-likeness (QED) is 0.107. The average Bonchev–Trinajstić information content (AvgIpc) is 3.89. The van der Waals surface area contributed by atoms with Crippen LogP contribution in [-0.4, -0.2) is 27.6 Å². The number of rotatable bonds is 9. The summed E-state index contributed by atoms with van der Waals surface area (Å²) in [6.07, 6.45) is 2.02. The third-order valence-corrected chi connectivity index (χ3v) is 14.8. The number of imidazole rings is 1. The van der Waals surface area contributed by atoms with Gasteiger partial charge in [-0.1, -0.05) is 168 Å². The molecule has 0 saturated carbocycles. The van der Waals surface area contributed by atoms with Gasteiger partial charge in [0.1, 0.15) is 0 Å². The zero-order valence-corrected chi connectivity index (χ0v) is 43.3. The summed E-state index contributed by atoms with van der Waals surface area (Å²) >= 11 is 0. The Morgan fingerprint density at radius 2 is 1.46 bits per heavy atom. The second-order valence-corrected chi connectivity index (χ2v) is 24.5. The van der Waals surface area contributed by atoms with Crippen LogP contribution in [0.1, 0.15) is 75.7 Å². The van der Waals surface area contributed by atoms with Crippen molar-refractivity contribution in [2.24, 2.45) is 0 Å². The number of pyridine rings is 2. The normalized spacial score (nSPS) is 13.4. The number of fused-ring (bicyclic) bond motifs is 4. The van der Waals surface area contributed by atoms with E-state index in [0.29, 0.717) is 12.3 Å². The molecule has 4 heterocycles. The standard InChI is InChI=1S/C36H30N3O.C24H28NSi.Ir/c1-23-20-21-27-26-15-10-16-28(33(26)40-35(27)37-23)34-38-31-18-8-9-19-32(31)39(34)22-29-25(24-12-6-5-7-13-24)14-11-17-30(29)36(2,3)4;1-18(20-12-8-6-9-13-20)19(2)22-16-23(21-14-10-7-11-15-21)25-17-24(22)26(3,4)5;/h5-15,17-21H,22H2,1-4H3;6-14,16-19H,1-5H3;/q2*-1;/i;19D;. The fraction of sp³-hybridized carbons (Fsp3) is 0.217. The molecule has 67 heavy (non-hydrogen) atoms. The second-order valence-electron chi connectivity index (χ2n) is 19.4. The maximum atomic E-state index is 9.37. The number of hydrogen-bond acceptors (Lipinski definition) is 4. The molecule has 2 unspecified atom stereocenters. The number of hydrogen-bond donors (Lipinski definition) is 0. The summed E-state index contributed by atoms with van der Waals surface area (Å²) < 4.78 is 18.1. The molecule has 339 valence electrons. The molecule has 7 heteroatoms. The molecular weight excluding hydrogens is 1010 g/mol. The average molecular weight is 1070 g/mol. The molecule has 0 bridgehead atoms. The molecule has 0 spiro atoms. The first-order valence-electron chi connectivity index (χ1n) is 23.5. The minimum absolute atomic E-state index is 0. The zero-order valence-electron chi connectivity index (χ0n) is 40.9. The minimum Gasteiger partial charge on any atom is -0.486 e. The van der Waals surface area contributed by atoms with Crippen LogP contribution in [0.15, 0.2) is 168 Å².